The van der Waals surface area contributed by atoms with E-state index >= 15 is 0 Å². The van der Waals surface area contributed by atoms with Crippen LogP contribution in [0.1, 0.15) is 37.9 Å². The van der Waals surface area contributed by atoms with Crippen LogP contribution >= 0.6 is 0 Å². The van der Waals surface area contributed by atoms with E-state index in [4.69, 9.17) is 4.42 Å². The summed E-state index contributed by atoms with van der Waals surface area (Å²) in [5.41, 5.74) is 3.37. The van der Waals surface area contributed by atoms with Gasteiger partial charge < -0.3 is 9.73 Å². The SMILES string of the molecule is CCCCc1ccc(-c2nc(CNCC)co2)cc1. The molecule has 3 heteroatoms. The molecule has 19 heavy (non-hydrogen) atoms. The Bertz CT molecular complexity index is 488. The molecule has 1 aromatic heterocycles. The average Bonchev–Trinajstić information content (AvgIpc) is 2.92. The second-order valence-corrected chi connectivity index (χ2v) is 4.72. The summed E-state index contributed by atoms with van der Waals surface area (Å²) in [6, 6.07) is 8.51. The van der Waals surface area contributed by atoms with Crippen molar-refractivity contribution in [2.24, 2.45) is 0 Å². The number of benzene rings is 1. The molecule has 0 unspecified atom stereocenters. The van der Waals surface area contributed by atoms with Crippen molar-refractivity contribution in [2.75, 3.05) is 6.54 Å². The van der Waals surface area contributed by atoms with Gasteiger partial charge in [0.05, 0.1) is 5.69 Å². The van der Waals surface area contributed by atoms with Crippen LogP contribution in [0.3, 0.4) is 0 Å². The molecular weight excluding hydrogens is 236 g/mol. The summed E-state index contributed by atoms with van der Waals surface area (Å²) in [6.07, 6.45) is 5.34. The normalized spacial score (nSPS) is 10.8. The fourth-order valence-electron chi connectivity index (χ4n) is 1.97. The first-order valence-corrected chi connectivity index (χ1v) is 7.08. The summed E-state index contributed by atoms with van der Waals surface area (Å²) in [5.74, 6) is 0.704. The monoisotopic (exact) mass is 258 g/mol. The van der Waals surface area contributed by atoms with Crippen LogP contribution in [0.5, 0.6) is 0 Å². The molecule has 2 aromatic rings. The maximum atomic E-state index is 5.52. The third-order valence-electron chi connectivity index (χ3n) is 3.13. The van der Waals surface area contributed by atoms with Crippen LogP contribution in [0.15, 0.2) is 34.9 Å². The zero-order valence-electron chi connectivity index (χ0n) is 11.8. The summed E-state index contributed by atoms with van der Waals surface area (Å²) < 4.78 is 5.52. The van der Waals surface area contributed by atoms with Crippen molar-refractivity contribution in [3.05, 3.63) is 41.8 Å². The van der Waals surface area contributed by atoms with Crippen molar-refractivity contribution >= 4 is 0 Å². The van der Waals surface area contributed by atoms with Gasteiger partial charge in [-0.2, -0.15) is 0 Å². The second-order valence-electron chi connectivity index (χ2n) is 4.72. The maximum absolute atomic E-state index is 5.52. The molecule has 0 fully saturated rings. The van der Waals surface area contributed by atoms with Crippen molar-refractivity contribution in [2.45, 2.75) is 39.7 Å². The van der Waals surface area contributed by atoms with E-state index in [1.165, 1.54) is 18.4 Å². The number of rotatable bonds is 7. The molecule has 1 heterocycles. The summed E-state index contributed by atoms with van der Waals surface area (Å²) in [4.78, 5) is 4.48. The van der Waals surface area contributed by atoms with E-state index < -0.39 is 0 Å². The van der Waals surface area contributed by atoms with Crippen molar-refractivity contribution in [3.8, 4) is 11.5 Å². The van der Waals surface area contributed by atoms with E-state index in [0.29, 0.717) is 5.89 Å². The van der Waals surface area contributed by atoms with Gasteiger partial charge in [-0.15, -0.1) is 0 Å². The molecule has 0 spiro atoms. The summed E-state index contributed by atoms with van der Waals surface area (Å²) >= 11 is 0. The van der Waals surface area contributed by atoms with Gasteiger partial charge in [0.1, 0.15) is 6.26 Å². The smallest absolute Gasteiger partial charge is 0.226 e. The van der Waals surface area contributed by atoms with Gasteiger partial charge in [0.2, 0.25) is 5.89 Å². The summed E-state index contributed by atoms with van der Waals surface area (Å²) in [5, 5.41) is 3.24. The number of nitrogens with one attached hydrogen (secondary N) is 1. The van der Waals surface area contributed by atoms with Crippen molar-refractivity contribution in [3.63, 3.8) is 0 Å². The second kappa shape index (κ2) is 7.10. The van der Waals surface area contributed by atoms with E-state index in [2.05, 4.69) is 48.4 Å². The Morgan fingerprint density at radius 2 is 1.95 bits per heavy atom. The van der Waals surface area contributed by atoms with E-state index in [1.54, 1.807) is 6.26 Å². The Morgan fingerprint density at radius 3 is 2.63 bits per heavy atom. The van der Waals surface area contributed by atoms with Crippen LogP contribution in [0, 0.1) is 0 Å². The van der Waals surface area contributed by atoms with Gasteiger partial charge in [0.15, 0.2) is 0 Å². The van der Waals surface area contributed by atoms with Gasteiger partial charge in [-0.25, -0.2) is 4.98 Å². The van der Waals surface area contributed by atoms with Crippen LogP contribution in [-0.2, 0) is 13.0 Å². The van der Waals surface area contributed by atoms with Crippen LogP contribution in [0.25, 0.3) is 11.5 Å². The number of hydrogen-bond donors (Lipinski definition) is 1. The third kappa shape index (κ3) is 3.93. The number of aryl methyl sites for hydroxylation is 1. The predicted molar refractivity (Wildman–Crippen MR) is 77.9 cm³/mol. The Labute approximate surface area is 115 Å². The number of oxazole rings is 1. The summed E-state index contributed by atoms with van der Waals surface area (Å²) in [7, 11) is 0. The minimum absolute atomic E-state index is 0.704. The van der Waals surface area contributed by atoms with Gasteiger partial charge in [-0.3, -0.25) is 0 Å². The lowest BCUT2D eigenvalue weighted by atomic mass is 10.1. The minimum Gasteiger partial charge on any atom is -0.444 e. The standard InChI is InChI=1S/C16H22N2O/c1-3-5-6-13-7-9-14(10-8-13)16-18-15(12-19-16)11-17-4-2/h7-10,12,17H,3-6,11H2,1-2H3. The van der Waals surface area contributed by atoms with Gasteiger partial charge in [-0.1, -0.05) is 32.4 Å². The Morgan fingerprint density at radius 1 is 1.16 bits per heavy atom. The molecule has 1 aromatic carbocycles. The fourth-order valence-corrected chi connectivity index (χ4v) is 1.97. The first-order chi connectivity index (χ1) is 9.33. The lowest BCUT2D eigenvalue weighted by Crippen LogP contribution is -2.11. The molecule has 0 aliphatic rings. The number of nitrogens with zero attached hydrogens (tertiary/aromatic N) is 1. The fraction of sp³-hybridized carbons (Fsp3) is 0.438. The zero-order valence-corrected chi connectivity index (χ0v) is 11.8. The molecule has 0 radical (unpaired) electrons. The Hall–Kier alpha value is -1.61. The van der Waals surface area contributed by atoms with E-state index in [-0.39, 0.29) is 0 Å². The predicted octanol–water partition coefficient (Wildman–Crippen LogP) is 3.79. The minimum atomic E-state index is 0.704. The topological polar surface area (TPSA) is 38.1 Å². The molecule has 0 aliphatic carbocycles. The molecule has 2 rings (SSSR count). The van der Waals surface area contributed by atoms with Gasteiger partial charge in [-0.05, 0) is 37.1 Å². The first-order valence-electron chi connectivity index (χ1n) is 7.08. The van der Waals surface area contributed by atoms with E-state index in [1.807, 2.05) is 0 Å². The lowest BCUT2D eigenvalue weighted by Gasteiger charge is -2.00. The third-order valence-corrected chi connectivity index (χ3v) is 3.13. The highest BCUT2D eigenvalue weighted by molar-refractivity contribution is 5.53. The molecule has 0 saturated carbocycles. The molecule has 0 atom stereocenters. The Kier molecular flexibility index (Phi) is 5.16. The van der Waals surface area contributed by atoms with Crippen molar-refractivity contribution in [1.82, 2.24) is 10.3 Å². The maximum Gasteiger partial charge on any atom is 0.226 e. The molecule has 1 N–H and O–H groups in total. The van der Waals surface area contributed by atoms with Crippen molar-refractivity contribution < 1.29 is 4.42 Å². The summed E-state index contributed by atoms with van der Waals surface area (Å²) in [6.45, 7) is 5.99. The molecular formula is C16H22N2O. The highest BCUT2D eigenvalue weighted by atomic mass is 16.3. The Balaban J connectivity index is 2.02. The lowest BCUT2D eigenvalue weighted by molar-refractivity contribution is 0.570. The highest BCUT2D eigenvalue weighted by Crippen LogP contribution is 2.19. The van der Waals surface area contributed by atoms with Crippen LogP contribution in [0.4, 0.5) is 0 Å². The van der Waals surface area contributed by atoms with Gasteiger partial charge >= 0.3 is 0 Å². The van der Waals surface area contributed by atoms with Crippen LogP contribution in [-0.4, -0.2) is 11.5 Å². The van der Waals surface area contributed by atoms with Crippen LogP contribution < -0.4 is 5.32 Å². The average molecular weight is 258 g/mol. The highest BCUT2D eigenvalue weighted by Gasteiger charge is 2.06. The van der Waals surface area contributed by atoms with E-state index in [9.17, 15) is 0 Å². The molecule has 0 bridgehead atoms. The molecule has 0 aliphatic heterocycles. The largest absolute Gasteiger partial charge is 0.444 e. The van der Waals surface area contributed by atoms with Gasteiger partial charge in [0, 0.05) is 12.1 Å². The quantitative estimate of drug-likeness (QED) is 0.821. The van der Waals surface area contributed by atoms with Gasteiger partial charge in [0.25, 0.3) is 0 Å². The number of hydrogen-bond acceptors (Lipinski definition) is 3. The first kappa shape index (κ1) is 13.8. The molecule has 0 saturated heterocycles. The number of aromatic nitrogens is 1. The number of unbranched alkanes of at least 4 members (excludes halogenated alkanes) is 1. The van der Waals surface area contributed by atoms with Crippen LogP contribution in [0.2, 0.25) is 0 Å². The molecule has 102 valence electrons. The van der Waals surface area contributed by atoms with Crippen molar-refractivity contribution in [1.29, 1.82) is 0 Å². The van der Waals surface area contributed by atoms with E-state index in [0.717, 1.165) is 30.8 Å². The molecule has 0 amide bonds. The zero-order chi connectivity index (χ0) is 13.5. The molecule has 3 nitrogen and oxygen atoms in total.